The zero-order valence-corrected chi connectivity index (χ0v) is 16.7. The minimum absolute atomic E-state index is 0.171. The fourth-order valence-electron chi connectivity index (χ4n) is 2.63. The number of amides is 1. The van der Waals surface area contributed by atoms with Gasteiger partial charge in [-0.1, -0.05) is 17.7 Å². The number of hydrogen-bond acceptors (Lipinski definition) is 6. The largest absolute Gasteiger partial charge is 0.493 e. The monoisotopic (exact) mass is 399 g/mol. The first-order valence-corrected chi connectivity index (χ1v) is 9.57. The third kappa shape index (κ3) is 4.77. The number of aromatic amines is 1. The number of nitrogens with one attached hydrogen (secondary N) is 2. The number of hydrogen-bond donors (Lipinski definition) is 2. The molecule has 28 heavy (non-hydrogen) atoms. The number of esters is 1. The van der Waals surface area contributed by atoms with E-state index in [1.165, 1.54) is 24.0 Å². The quantitative estimate of drug-likeness (QED) is 0.587. The van der Waals surface area contributed by atoms with Crippen LogP contribution >= 0.6 is 11.3 Å². The van der Waals surface area contributed by atoms with Crippen LogP contribution in [-0.4, -0.2) is 35.6 Å². The number of ether oxygens (including phenoxy) is 2. The number of anilines is 1. The second kappa shape index (κ2) is 8.71. The molecule has 0 saturated carbocycles. The number of thiazole rings is 1. The van der Waals surface area contributed by atoms with E-state index >= 15 is 0 Å². The molecule has 7 nitrogen and oxygen atoms in total. The lowest BCUT2D eigenvalue weighted by atomic mass is 10.1. The van der Waals surface area contributed by atoms with Crippen LogP contribution in [0.25, 0.3) is 11.3 Å². The Kier molecular flexibility index (Phi) is 6.10. The molecule has 3 aromatic rings. The number of aryl methyl sites for hydroxylation is 2. The number of methoxy groups -OCH3 is 1. The van der Waals surface area contributed by atoms with Gasteiger partial charge in [0.05, 0.1) is 25.8 Å². The van der Waals surface area contributed by atoms with Gasteiger partial charge in [0.25, 0.3) is 0 Å². The van der Waals surface area contributed by atoms with Crippen molar-refractivity contribution in [2.24, 2.45) is 0 Å². The Morgan fingerprint density at radius 1 is 1.25 bits per heavy atom. The second-order valence-corrected chi connectivity index (χ2v) is 7.11. The zero-order chi connectivity index (χ0) is 20.1. The first kappa shape index (κ1) is 19.6. The van der Waals surface area contributed by atoms with Gasteiger partial charge in [0.1, 0.15) is 11.4 Å². The first-order chi connectivity index (χ1) is 13.5. The number of benzene rings is 1. The summed E-state index contributed by atoms with van der Waals surface area (Å²) in [6.45, 7) is 4.29. The molecule has 0 aliphatic heterocycles. The summed E-state index contributed by atoms with van der Waals surface area (Å²) >= 11 is 1.32. The summed E-state index contributed by atoms with van der Waals surface area (Å²) in [5.74, 6) is 0.164. The number of H-pyrrole nitrogens is 1. The van der Waals surface area contributed by atoms with Crippen molar-refractivity contribution >= 4 is 28.3 Å². The fraction of sp³-hybridized carbons (Fsp3) is 0.250. The molecule has 0 fully saturated rings. The maximum atomic E-state index is 12.1. The van der Waals surface area contributed by atoms with Gasteiger partial charge < -0.3 is 19.8 Å². The number of carbonyl (C=O) groups excluding carboxylic acids is 2. The molecule has 2 aromatic heterocycles. The molecule has 0 saturated heterocycles. The Balaban J connectivity index is 1.52. The summed E-state index contributed by atoms with van der Waals surface area (Å²) in [6, 6.07) is 7.59. The highest BCUT2D eigenvalue weighted by Gasteiger charge is 2.13. The van der Waals surface area contributed by atoms with Crippen LogP contribution in [0.15, 0.2) is 35.8 Å². The van der Waals surface area contributed by atoms with Crippen molar-refractivity contribution in [3.63, 3.8) is 0 Å². The van der Waals surface area contributed by atoms with E-state index in [1.807, 2.05) is 37.4 Å². The van der Waals surface area contributed by atoms with Gasteiger partial charge in [-0.05, 0) is 31.5 Å². The van der Waals surface area contributed by atoms with Crippen molar-refractivity contribution in [2.45, 2.75) is 20.3 Å². The standard InChI is InChI=1S/C20H21N3O4S/c1-12-4-5-17(13(2)8-12)27-7-6-18(24)23-20-22-16(11-28-20)14-9-15(21-10-14)19(25)26-3/h4-5,8-11,21H,6-7H2,1-3H3,(H,22,23,24). The van der Waals surface area contributed by atoms with Crippen LogP contribution in [0.1, 0.15) is 28.0 Å². The van der Waals surface area contributed by atoms with Gasteiger partial charge >= 0.3 is 5.97 Å². The van der Waals surface area contributed by atoms with E-state index in [1.54, 1.807) is 12.3 Å². The molecular formula is C20H21N3O4S. The Hall–Kier alpha value is -3.13. The maximum Gasteiger partial charge on any atom is 0.354 e. The minimum Gasteiger partial charge on any atom is -0.493 e. The lowest BCUT2D eigenvalue weighted by Gasteiger charge is -2.09. The summed E-state index contributed by atoms with van der Waals surface area (Å²) in [5.41, 5.74) is 3.97. The lowest BCUT2D eigenvalue weighted by Crippen LogP contribution is -2.15. The summed E-state index contributed by atoms with van der Waals surface area (Å²) in [5, 5.41) is 5.07. The molecular weight excluding hydrogens is 378 g/mol. The highest BCUT2D eigenvalue weighted by atomic mass is 32.1. The topological polar surface area (TPSA) is 93.3 Å². The predicted molar refractivity (Wildman–Crippen MR) is 108 cm³/mol. The molecule has 2 heterocycles. The van der Waals surface area contributed by atoms with Crippen LogP contribution < -0.4 is 10.1 Å². The highest BCUT2D eigenvalue weighted by Crippen LogP contribution is 2.26. The molecule has 3 rings (SSSR count). The SMILES string of the molecule is COC(=O)c1cc(-c2csc(NC(=O)CCOc3ccc(C)cc3C)n2)c[nH]1. The summed E-state index contributed by atoms with van der Waals surface area (Å²) in [7, 11) is 1.32. The highest BCUT2D eigenvalue weighted by molar-refractivity contribution is 7.14. The van der Waals surface area contributed by atoms with Crippen molar-refractivity contribution in [1.29, 1.82) is 0 Å². The molecule has 2 N–H and O–H groups in total. The Morgan fingerprint density at radius 3 is 2.82 bits per heavy atom. The Bertz CT molecular complexity index is 993. The van der Waals surface area contributed by atoms with Gasteiger partial charge in [0, 0.05) is 17.1 Å². The molecule has 146 valence electrons. The number of rotatable bonds is 7. The van der Waals surface area contributed by atoms with E-state index in [9.17, 15) is 9.59 Å². The first-order valence-electron chi connectivity index (χ1n) is 8.69. The summed E-state index contributed by atoms with van der Waals surface area (Å²) in [6.07, 6.45) is 1.89. The van der Waals surface area contributed by atoms with Crippen molar-refractivity contribution in [2.75, 3.05) is 19.0 Å². The number of nitrogens with zero attached hydrogens (tertiary/aromatic N) is 1. The van der Waals surface area contributed by atoms with E-state index in [-0.39, 0.29) is 18.9 Å². The van der Waals surface area contributed by atoms with E-state index in [4.69, 9.17) is 4.74 Å². The average Bonchev–Trinajstić information content (AvgIpc) is 3.32. The van der Waals surface area contributed by atoms with E-state index in [2.05, 4.69) is 20.0 Å². The van der Waals surface area contributed by atoms with Gasteiger partial charge in [-0.2, -0.15) is 0 Å². The van der Waals surface area contributed by atoms with Crippen LogP contribution in [0.2, 0.25) is 0 Å². The molecule has 0 spiro atoms. The third-order valence-electron chi connectivity index (χ3n) is 4.05. The average molecular weight is 399 g/mol. The molecule has 0 atom stereocenters. The number of aromatic nitrogens is 2. The van der Waals surface area contributed by atoms with Crippen molar-refractivity contribution in [3.8, 4) is 17.0 Å². The zero-order valence-electron chi connectivity index (χ0n) is 15.9. The number of carbonyl (C=O) groups is 2. The van der Waals surface area contributed by atoms with E-state index in [0.717, 1.165) is 16.9 Å². The lowest BCUT2D eigenvalue weighted by molar-refractivity contribution is -0.116. The van der Waals surface area contributed by atoms with Crippen LogP contribution in [0.3, 0.4) is 0 Å². The third-order valence-corrected chi connectivity index (χ3v) is 4.81. The van der Waals surface area contributed by atoms with Crippen LogP contribution in [0, 0.1) is 13.8 Å². The Labute approximate surface area is 166 Å². The second-order valence-electron chi connectivity index (χ2n) is 6.25. The molecule has 1 aromatic carbocycles. The Morgan fingerprint density at radius 2 is 2.07 bits per heavy atom. The van der Waals surface area contributed by atoms with Gasteiger partial charge in [-0.25, -0.2) is 9.78 Å². The summed E-state index contributed by atoms with van der Waals surface area (Å²) < 4.78 is 10.4. The molecule has 1 amide bonds. The van der Waals surface area contributed by atoms with Gasteiger partial charge in [-0.15, -0.1) is 11.3 Å². The normalized spacial score (nSPS) is 10.5. The van der Waals surface area contributed by atoms with E-state index in [0.29, 0.717) is 16.5 Å². The van der Waals surface area contributed by atoms with Crippen LogP contribution in [-0.2, 0) is 9.53 Å². The molecule has 0 aliphatic carbocycles. The van der Waals surface area contributed by atoms with Gasteiger partial charge in [-0.3, -0.25) is 4.79 Å². The van der Waals surface area contributed by atoms with Crippen LogP contribution in [0.4, 0.5) is 5.13 Å². The van der Waals surface area contributed by atoms with Gasteiger partial charge in [0.15, 0.2) is 5.13 Å². The molecule has 0 bridgehead atoms. The molecule has 0 radical (unpaired) electrons. The van der Waals surface area contributed by atoms with Crippen molar-refractivity contribution in [1.82, 2.24) is 9.97 Å². The fourth-order valence-corrected chi connectivity index (χ4v) is 3.37. The smallest absolute Gasteiger partial charge is 0.354 e. The molecule has 8 heteroatoms. The van der Waals surface area contributed by atoms with Crippen LogP contribution in [0.5, 0.6) is 5.75 Å². The van der Waals surface area contributed by atoms with E-state index < -0.39 is 5.97 Å². The maximum absolute atomic E-state index is 12.1. The molecule has 0 unspecified atom stereocenters. The van der Waals surface area contributed by atoms with Gasteiger partial charge in [0.2, 0.25) is 5.91 Å². The minimum atomic E-state index is -0.446. The predicted octanol–water partition coefficient (Wildman–Crippen LogP) is 3.95. The molecule has 0 aliphatic rings. The summed E-state index contributed by atoms with van der Waals surface area (Å²) in [4.78, 5) is 30.9. The van der Waals surface area contributed by atoms with Crippen molar-refractivity contribution in [3.05, 3.63) is 52.7 Å². The van der Waals surface area contributed by atoms with Crippen molar-refractivity contribution < 1.29 is 19.1 Å².